The van der Waals surface area contributed by atoms with E-state index in [1.807, 2.05) is 67.6 Å². The van der Waals surface area contributed by atoms with Gasteiger partial charge in [0.15, 0.2) is 4.80 Å². The molecule has 0 saturated carbocycles. The van der Waals surface area contributed by atoms with Gasteiger partial charge in [-0.3, -0.25) is 9.36 Å². The number of carbonyl (C=O) groups is 1. The summed E-state index contributed by atoms with van der Waals surface area (Å²) in [4.78, 5) is 32.1. The van der Waals surface area contributed by atoms with E-state index in [2.05, 4.69) is 17.1 Å². The third-order valence-electron chi connectivity index (χ3n) is 6.13. The number of hydrogen-bond acceptors (Lipinski definition) is 6. The van der Waals surface area contributed by atoms with Gasteiger partial charge in [-0.05, 0) is 60.9 Å². The van der Waals surface area contributed by atoms with E-state index in [0.29, 0.717) is 27.2 Å². The van der Waals surface area contributed by atoms with Gasteiger partial charge in [-0.25, -0.2) is 9.79 Å². The minimum absolute atomic E-state index is 0.195. The third-order valence-corrected chi connectivity index (χ3v) is 7.12. The Bertz CT molecular complexity index is 1660. The Morgan fingerprint density at radius 2 is 1.78 bits per heavy atom. The smallest absolute Gasteiger partial charge is 0.338 e. The maximum atomic E-state index is 13.8. The van der Waals surface area contributed by atoms with Crippen molar-refractivity contribution in [3.8, 4) is 5.75 Å². The second-order valence-electron chi connectivity index (χ2n) is 8.37. The van der Waals surface area contributed by atoms with Crippen molar-refractivity contribution in [2.45, 2.75) is 26.8 Å². The van der Waals surface area contributed by atoms with Crippen molar-refractivity contribution >= 4 is 34.2 Å². The van der Waals surface area contributed by atoms with Gasteiger partial charge >= 0.3 is 5.97 Å². The molecule has 6 nitrogen and oxygen atoms in total. The fourth-order valence-electron chi connectivity index (χ4n) is 4.54. The van der Waals surface area contributed by atoms with Crippen LogP contribution >= 0.6 is 11.3 Å². The number of nitrogens with zero attached hydrogens (tertiary/aromatic N) is 2. The number of benzene rings is 3. The maximum absolute atomic E-state index is 13.8. The van der Waals surface area contributed by atoms with E-state index in [1.54, 1.807) is 18.4 Å². The molecule has 0 N–H and O–H groups in total. The second-order valence-corrected chi connectivity index (χ2v) is 9.38. The minimum atomic E-state index is -0.648. The Balaban J connectivity index is 1.71. The SMILES string of the molecule is CCOC(=O)C1=C(C)N=c2sc(=Cc3cccc4ccccc34)c(=O)n2C1c1ccc(OCC)cc1. The highest BCUT2D eigenvalue weighted by Crippen LogP contribution is 2.31. The normalized spacial score (nSPS) is 15.5. The highest BCUT2D eigenvalue weighted by atomic mass is 32.1. The highest BCUT2D eigenvalue weighted by Gasteiger charge is 2.33. The molecular weight excluding hydrogens is 472 g/mol. The van der Waals surface area contributed by atoms with E-state index in [4.69, 9.17) is 9.47 Å². The molecule has 0 fully saturated rings. The Labute approximate surface area is 212 Å². The summed E-state index contributed by atoms with van der Waals surface area (Å²) in [5.41, 5.74) is 2.46. The van der Waals surface area contributed by atoms with Crippen LogP contribution in [0.1, 0.15) is 37.9 Å². The standard InChI is InChI=1S/C29H26N2O4S/c1-4-34-22-15-13-20(14-16-22)26-25(28(33)35-5-2)18(3)30-29-31(26)27(32)24(36-29)17-21-11-8-10-19-9-6-7-12-23(19)21/h6-17,26H,4-5H2,1-3H3. The van der Waals surface area contributed by atoms with Crippen molar-refractivity contribution in [2.75, 3.05) is 13.2 Å². The number of fused-ring (bicyclic) bond motifs is 2. The van der Waals surface area contributed by atoms with Crippen molar-refractivity contribution in [1.29, 1.82) is 0 Å². The van der Waals surface area contributed by atoms with Crippen LogP contribution in [0.4, 0.5) is 0 Å². The predicted molar refractivity (Wildman–Crippen MR) is 142 cm³/mol. The molecule has 1 aromatic heterocycles. The molecule has 0 bridgehead atoms. The van der Waals surface area contributed by atoms with Gasteiger partial charge < -0.3 is 9.47 Å². The quantitative estimate of drug-likeness (QED) is 0.371. The molecular formula is C29H26N2O4S. The summed E-state index contributed by atoms with van der Waals surface area (Å²) >= 11 is 1.32. The lowest BCUT2D eigenvalue weighted by Gasteiger charge is -2.24. The average Bonchev–Trinajstić information content (AvgIpc) is 3.18. The summed E-state index contributed by atoms with van der Waals surface area (Å²) in [6, 6.07) is 20.9. The van der Waals surface area contributed by atoms with Crippen LogP contribution in [0, 0.1) is 0 Å². The van der Waals surface area contributed by atoms with E-state index in [0.717, 1.165) is 27.6 Å². The average molecular weight is 499 g/mol. The number of thiazole rings is 1. The molecule has 3 aromatic carbocycles. The number of carbonyl (C=O) groups excluding carboxylic acids is 1. The molecule has 1 unspecified atom stereocenters. The van der Waals surface area contributed by atoms with Crippen molar-refractivity contribution in [1.82, 2.24) is 4.57 Å². The number of hydrogen-bond donors (Lipinski definition) is 0. The molecule has 0 spiro atoms. The molecule has 2 heterocycles. The number of allylic oxidation sites excluding steroid dienone is 1. The van der Waals surface area contributed by atoms with Gasteiger partial charge in [0.1, 0.15) is 5.75 Å². The third kappa shape index (κ3) is 4.27. The Hall–Kier alpha value is -3.97. The van der Waals surface area contributed by atoms with E-state index >= 15 is 0 Å². The fraction of sp³-hybridized carbons (Fsp3) is 0.207. The summed E-state index contributed by atoms with van der Waals surface area (Å²) in [5.74, 6) is 0.254. The summed E-state index contributed by atoms with van der Waals surface area (Å²) in [6.07, 6.45) is 1.91. The van der Waals surface area contributed by atoms with Gasteiger partial charge in [0.05, 0.1) is 35.1 Å². The maximum Gasteiger partial charge on any atom is 0.338 e. The van der Waals surface area contributed by atoms with Crippen LogP contribution in [0.15, 0.2) is 87.8 Å². The molecule has 5 rings (SSSR count). The first-order chi connectivity index (χ1) is 17.5. The van der Waals surface area contributed by atoms with Crippen LogP contribution in [0.2, 0.25) is 0 Å². The second kappa shape index (κ2) is 9.95. The topological polar surface area (TPSA) is 69.9 Å². The zero-order chi connectivity index (χ0) is 25.2. The molecule has 0 aliphatic carbocycles. The first-order valence-corrected chi connectivity index (χ1v) is 12.7. The zero-order valence-electron chi connectivity index (χ0n) is 20.4. The molecule has 36 heavy (non-hydrogen) atoms. The van der Waals surface area contributed by atoms with E-state index < -0.39 is 12.0 Å². The highest BCUT2D eigenvalue weighted by molar-refractivity contribution is 7.07. The van der Waals surface area contributed by atoms with Crippen LogP contribution in [0.25, 0.3) is 16.8 Å². The molecule has 1 aliphatic rings. The first-order valence-electron chi connectivity index (χ1n) is 11.9. The fourth-order valence-corrected chi connectivity index (χ4v) is 5.57. The Morgan fingerprint density at radius 3 is 2.53 bits per heavy atom. The molecule has 182 valence electrons. The largest absolute Gasteiger partial charge is 0.494 e. The van der Waals surface area contributed by atoms with Crippen molar-refractivity contribution in [3.63, 3.8) is 0 Å². The van der Waals surface area contributed by atoms with Crippen LogP contribution in [-0.2, 0) is 9.53 Å². The van der Waals surface area contributed by atoms with E-state index in [-0.39, 0.29) is 12.2 Å². The molecule has 4 aromatic rings. The molecule has 1 atom stereocenters. The zero-order valence-corrected chi connectivity index (χ0v) is 21.2. The number of aromatic nitrogens is 1. The van der Waals surface area contributed by atoms with Crippen molar-refractivity contribution in [3.05, 3.63) is 109 Å². The van der Waals surface area contributed by atoms with Crippen LogP contribution in [-0.4, -0.2) is 23.8 Å². The van der Waals surface area contributed by atoms with Gasteiger partial charge in [-0.2, -0.15) is 0 Å². The lowest BCUT2D eigenvalue weighted by Crippen LogP contribution is -2.39. The molecule has 1 aliphatic heterocycles. The van der Waals surface area contributed by atoms with E-state index in [9.17, 15) is 9.59 Å². The first kappa shape index (κ1) is 23.8. The predicted octanol–water partition coefficient (Wildman–Crippen LogP) is 4.35. The van der Waals surface area contributed by atoms with Crippen LogP contribution in [0.5, 0.6) is 5.75 Å². The van der Waals surface area contributed by atoms with Gasteiger partial charge in [0.25, 0.3) is 5.56 Å². The van der Waals surface area contributed by atoms with Crippen LogP contribution < -0.4 is 19.6 Å². The molecule has 7 heteroatoms. The summed E-state index contributed by atoms with van der Waals surface area (Å²) in [5, 5.41) is 2.17. The lowest BCUT2D eigenvalue weighted by atomic mass is 9.96. The molecule has 0 saturated heterocycles. The van der Waals surface area contributed by atoms with Crippen molar-refractivity contribution < 1.29 is 14.3 Å². The van der Waals surface area contributed by atoms with Crippen LogP contribution in [0.3, 0.4) is 0 Å². The van der Waals surface area contributed by atoms with Crippen molar-refractivity contribution in [2.24, 2.45) is 4.99 Å². The monoisotopic (exact) mass is 498 g/mol. The van der Waals surface area contributed by atoms with Gasteiger partial charge in [0.2, 0.25) is 0 Å². The van der Waals surface area contributed by atoms with Gasteiger partial charge in [0, 0.05) is 0 Å². The lowest BCUT2D eigenvalue weighted by molar-refractivity contribution is -0.139. The molecule has 0 radical (unpaired) electrons. The summed E-state index contributed by atoms with van der Waals surface area (Å²) in [7, 11) is 0. The number of rotatable bonds is 6. The minimum Gasteiger partial charge on any atom is -0.494 e. The number of esters is 1. The van der Waals surface area contributed by atoms with E-state index in [1.165, 1.54) is 11.3 Å². The summed E-state index contributed by atoms with van der Waals surface area (Å²) in [6.45, 7) is 6.26. The van der Waals surface area contributed by atoms with Gasteiger partial charge in [-0.15, -0.1) is 0 Å². The number of ether oxygens (including phenoxy) is 2. The Morgan fingerprint density at radius 1 is 1.03 bits per heavy atom. The van der Waals surface area contributed by atoms with Gasteiger partial charge in [-0.1, -0.05) is 65.9 Å². The summed E-state index contributed by atoms with van der Waals surface area (Å²) < 4.78 is 13.1. The molecule has 0 amide bonds. The Kier molecular flexibility index (Phi) is 6.57.